The Kier molecular flexibility index (Phi) is 6.31. The summed E-state index contributed by atoms with van der Waals surface area (Å²) in [6, 6.07) is 6.28. The quantitative estimate of drug-likeness (QED) is 0.758. The van der Waals surface area contributed by atoms with Gasteiger partial charge in [-0.25, -0.2) is 9.59 Å². The van der Waals surface area contributed by atoms with Gasteiger partial charge in [0.2, 0.25) is 0 Å². The fourth-order valence-electron chi connectivity index (χ4n) is 2.50. The first-order valence-corrected chi connectivity index (χ1v) is 8.29. The smallest absolute Gasteiger partial charge is 0.410 e. The Bertz CT molecular complexity index is 594. The number of nitrogens with zero attached hydrogens (tertiary/aromatic N) is 1. The van der Waals surface area contributed by atoms with Gasteiger partial charge in [-0.3, -0.25) is 4.90 Å². The maximum Gasteiger partial charge on any atom is 0.410 e. The van der Waals surface area contributed by atoms with Crippen molar-refractivity contribution in [3.63, 3.8) is 0 Å². The first-order chi connectivity index (χ1) is 11.4. The van der Waals surface area contributed by atoms with Crippen molar-refractivity contribution in [1.82, 2.24) is 4.90 Å². The molecule has 1 aromatic rings. The lowest BCUT2D eigenvalue weighted by Gasteiger charge is -2.23. The summed E-state index contributed by atoms with van der Waals surface area (Å²) in [6.07, 6.45) is -0.0441. The van der Waals surface area contributed by atoms with E-state index >= 15 is 0 Å². The number of benzene rings is 1. The van der Waals surface area contributed by atoms with Crippen molar-refractivity contribution in [2.45, 2.75) is 44.9 Å². The van der Waals surface area contributed by atoms with Crippen LogP contribution in [0.2, 0.25) is 5.02 Å². The molecule has 0 bridgehead atoms. The van der Waals surface area contributed by atoms with Crippen LogP contribution >= 0.6 is 11.6 Å². The predicted molar refractivity (Wildman–Crippen MR) is 89.2 cm³/mol. The second-order valence-electron chi connectivity index (χ2n) is 5.73. The molecule has 0 aliphatic carbocycles. The van der Waals surface area contributed by atoms with Crippen LogP contribution < -0.4 is 4.74 Å². The van der Waals surface area contributed by atoms with Gasteiger partial charge in [-0.1, -0.05) is 24.6 Å². The van der Waals surface area contributed by atoms with Gasteiger partial charge in [0, 0.05) is 11.4 Å². The molecule has 0 N–H and O–H groups in total. The van der Waals surface area contributed by atoms with Crippen molar-refractivity contribution >= 4 is 23.7 Å². The molecular weight excluding hydrogens is 334 g/mol. The van der Waals surface area contributed by atoms with Crippen LogP contribution in [-0.2, 0) is 14.3 Å². The van der Waals surface area contributed by atoms with Gasteiger partial charge < -0.3 is 14.2 Å². The molecule has 1 heterocycles. The molecule has 7 heteroatoms. The van der Waals surface area contributed by atoms with Crippen LogP contribution in [0, 0.1) is 0 Å². The average Bonchev–Trinajstić information content (AvgIpc) is 2.97. The summed E-state index contributed by atoms with van der Waals surface area (Å²) >= 11 is 5.95. The third-order valence-electron chi connectivity index (χ3n) is 3.95. The van der Waals surface area contributed by atoms with Gasteiger partial charge in [0.15, 0.2) is 0 Å². The van der Waals surface area contributed by atoms with E-state index in [9.17, 15) is 9.59 Å². The zero-order valence-corrected chi connectivity index (χ0v) is 14.8. The van der Waals surface area contributed by atoms with Gasteiger partial charge in [-0.2, -0.15) is 0 Å². The van der Waals surface area contributed by atoms with Crippen LogP contribution in [0.5, 0.6) is 5.75 Å². The number of rotatable bonds is 5. The Morgan fingerprint density at radius 2 is 2.17 bits per heavy atom. The summed E-state index contributed by atoms with van der Waals surface area (Å²) < 4.78 is 16.0. The summed E-state index contributed by atoms with van der Waals surface area (Å²) in [7, 11) is 1.30. The maximum absolute atomic E-state index is 12.3. The Hall–Kier alpha value is -1.95. The lowest BCUT2D eigenvalue weighted by Crippen LogP contribution is -2.42. The second-order valence-corrected chi connectivity index (χ2v) is 6.16. The topological polar surface area (TPSA) is 65.1 Å². The first kappa shape index (κ1) is 18.4. The fourth-order valence-corrected chi connectivity index (χ4v) is 2.68. The van der Waals surface area contributed by atoms with E-state index in [-0.39, 0.29) is 18.8 Å². The monoisotopic (exact) mass is 355 g/mol. The van der Waals surface area contributed by atoms with Gasteiger partial charge in [0.1, 0.15) is 24.0 Å². The largest absolute Gasteiger partial charge is 0.488 e. The van der Waals surface area contributed by atoms with Gasteiger partial charge in [0.25, 0.3) is 0 Å². The molecule has 1 aliphatic heterocycles. The Labute approximate surface area is 146 Å². The zero-order valence-electron chi connectivity index (χ0n) is 14.0. The number of likely N-dealkylation sites (tertiary alicyclic amines) is 1. The van der Waals surface area contributed by atoms with Crippen LogP contribution in [0.1, 0.15) is 26.7 Å². The van der Waals surface area contributed by atoms with E-state index in [4.69, 9.17) is 25.8 Å². The SMILES string of the molecule is CCC(C)OC(=O)N1C[C@@H](Oc2cccc(Cl)c2)C[C@H]1C(=O)OC. The van der Waals surface area contributed by atoms with E-state index in [1.54, 1.807) is 31.2 Å². The first-order valence-electron chi connectivity index (χ1n) is 7.91. The van der Waals surface area contributed by atoms with Crippen LogP contribution in [0.15, 0.2) is 24.3 Å². The summed E-state index contributed by atoms with van der Waals surface area (Å²) in [5.41, 5.74) is 0. The van der Waals surface area contributed by atoms with Crippen LogP contribution in [0.25, 0.3) is 0 Å². The highest BCUT2D eigenvalue weighted by Gasteiger charge is 2.42. The second kappa shape index (κ2) is 8.24. The molecule has 1 aromatic carbocycles. The summed E-state index contributed by atoms with van der Waals surface area (Å²) in [4.78, 5) is 25.7. The van der Waals surface area contributed by atoms with Crippen LogP contribution in [-0.4, -0.2) is 48.9 Å². The third kappa shape index (κ3) is 4.54. The number of ether oxygens (including phenoxy) is 3. The molecule has 1 amide bonds. The molecular formula is C17H22ClNO5. The molecule has 24 heavy (non-hydrogen) atoms. The molecule has 2 rings (SSSR count). The van der Waals surface area contributed by atoms with Crippen molar-refractivity contribution in [1.29, 1.82) is 0 Å². The highest BCUT2D eigenvalue weighted by Crippen LogP contribution is 2.26. The summed E-state index contributed by atoms with van der Waals surface area (Å²) in [5, 5.41) is 0.558. The highest BCUT2D eigenvalue weighted by atomic mass is 35.5. The molecule has 0 spiro atoms. The van der Waals surface area contributed by atoms with Crippen molar-refractivity contribution in [2.24, 2.45) is 0 Å². The Morgan fingerprint density at radius 3 is 2.79 bits per heavy atom. The van der Waals surface area contributed by atoms with Gasteiger partial charge >= 0.3 is 12.1 Å². The average molecular weight is 356 g/mol. The predicted octanol–water partition coefficient (Wildman–Crippen LogP) is 3.27. The van der Waals surface area contributed by atoms with Crippen molar-refractivity contribution < 1.29 is 23.8 Å². The van der Waals surface area contributed by atoms with Gasteiger partial charge in [-0.05, 0) is 31.5 Å². The molecule has 1 saturated heterocycles. The van der Waals surface area contributed by atoms with E-state index in [1.165, 1.54) is 12.0 Å². The van der Waals surface area contributed by atoms with Gasteiger partial charge in [-0.15, -0.1) is 0 Å². The van der Waals surface area contributed by atoms with Crippen molar-refractivity contribution in [3.05, 3.63) is 29.3 Å². The van der Waals surface area contributed by atoms with E-state index in [0.717, 1.165) is 0 Å². The number of methoxy groups -OCH3 is 1. The number of hydrogen-bond donors (Lipinski definition) is 0. The minimum absolute atomic E-state index is 0.219. The lowest BCUT2D eigenvalue weighted by molar-refractivity contribution is -0.145. The van der Waals surface area contributed by atoms with E-state index in [2.05, 4.69) is 0 Å². The normalized spacial score (nSPS) is 21.2. The highest BCUT2D eigenvalue weighted by molar-refractivity contribution is 6.30. The Balaban J connectivity index is 2.08. The van der Waals surface area contributed by atoms with E-state index in [1.807, 2.05) is 6.92 Å². The minimum atomic E-state index is -0.712. The van der Waals surface area contributed by atoms with Crippen molar-refractivity contribution in [2.75, 3.05) is 13.7 Å². The minimum Gasteiger partial charge on any atom is -0.488 e. The molecule has 132 valence electrons. The van der Waals surface area contributed by atoms with Crippen LogP contribution in [0.3, 0.4) is 0 Å². The lowest BCUT2D eigenvalue weighted by atomic mass is 10.2. The number of carbonyl (C=O) groups excluding carboxylic acids is 2. The zero-order chi connectivity index (χ0) is 17.7. The molecule has 1 unspecified atom stereocenters. The van der Waals surface area contributed by atoms with Crippen LogP contribution in [0.4, 0.5) is 4.79 Å². The molecule has 0 aromatic heterocycles. The van der Waals surface area contributed by atoms with E-state index < -0.39 is 18.1 Å². The van der Waals surface area contributed by atoms with Crippen molar-refractivity contribution in [3.8, 4) is 5.75 Å². The standard InChI is InChI=1S/C17H22ClNO5/c1-4-11(2)23-17(21)19-10-14(9-15(19)16(20)22-3)24-13-7-5-6-12(18)8-13/h5-8,11,14-15H,4,9-10H2,1-3H3/t11?,14-,15-/m0/s1. The summed E-state index contributed by atoms with van der Waals surface area (Å²) in [5.74, 6) is 0.113. The number of amides is 1. The van der Waals surface area contributed by atoms with E-state index in [0.29, 0.717) is 23.6 Å². The number of carbonyl (C=O) groups is 2. The summed E-state index contributed by atoms with van der Waals surface area (Å²) in [6.45, 7) is 3.98. The maximum atomic E-state index is 12.3. The third-order valence-corrected chi connectivity index (χ3v) is 4.18. The Morgan fingerprint density at radius 1 is 1.42 bits per heavy atom. The fraction of sp³-hybridized carbons (Fsp3) is 0.529. The number of halogens is 1. The molecule has 0 saturated carbocycles. The van der Waals surface area contributed by atoms with Gasteiger partial charge in [0.05, 0.1) is 13.7 Å². The molecule has 1 fully saturated rings. The molecule has 3 atom stereocenters. The number of hydrogen-bond acceptors (Lipinski definition) is 5. The molecule has 0 radical (unpaired) electrons. The molecule has 1 aliphatic rings. The molecule has 6 nitrogen and oxygen atoms in total. The number of esters is 1.